The SMILES string of the molecule is C.C.C.C.C.C.C.C.CCC(C)(OC(=O)C(CC(C(=O)OC12CC3CC(O)(CC(O)(C3)C1)C2)C1C(=O)OC(=O)C1C)CC1C(C)C2CC1C1COC(=O)C21)C12CC3CC(CC(C3)C1)C2. The second kappa shape index (κ2) is 19.2. The summed E-state index contributed by atoms with van der Waals surface area (Å²) in [6, 6.07) is 0. The molecular weight excluding hydrogens is 813 g/mol. The first-order chi connectivity index (χ1) is 26.4. The van der Waals surface area contributed by atoms with Crippen LogP contribution in [0.3, 0.4) is 0 Å². The zero-order valence-corrected chi connectivity index (χ0v) is 33.7. The topological polar surface area (TPSA) is 163 Å². The van der Waals surface area contributed by atoms with Crippen molar-refractivity contribution in [2.45, 2.75) is 212 Å². The number of aliphatic hydroxyl groups is 2. The van der Waals surface area contributed by atoms with Crippen molar-refractivity contribution in [1.29, 1.82) is 0 Å². The number of carbonyl (C=O) groups is 5. The highest BCUT2D eigenvalue weighted by atomic mass is 16.6. The number of rotatable bonds is 11. The highest BCUT2D eigenvalue weighted by molar-refractivity contribution is 5.98. The van der Waals surface area contributed by atoms with Crippen LogP contribution in [0.1, 0.15) is 190 Å². The van der Waals surface area contributed by atoms with Crippen LogP contribution in [0.2, 0.25) is 0 Å². The van der Waals surface area contributed by atoms with Crippen molar-refractivity contribution < 1.29 is 53.1 Å². The summed E-state index contributed by atoms with van der Waals surface area (Å²) in [7, 11) is 0. The van der Waals surface area contributed by atoms with E-state index in [9.17, 15) is 29.4 Å². The lowest BCUT2D eigenvalue weighted by atomic mass is 9.45. The van der Waals surface area contributed by atoms with E-state index in [-0.39, 0.29) is 144 Å². The third kappa shape index (κ3) is 8.75. The molecule has 2 heterocycles. The normalized spacial score (nSPS) is 44.7. The van der Waals surface area contributed by atoms with Gasteiger partial charge in [-0.2, -0.15) is 0 Å². The highest BCUT2D eigenvalue weighted by Gasteiger charge is 2.67. The fraction of sp³-hybridized carbons (Fsp3) is 0.906. The molecular formula is C53H94O11. The Kier molecular flexibility index (Phi) is 17.3. The van der Waals surface area contributed by atoms with Gasteiger partial charge in [0.15, 0.2) is 0 Å². The van der Waals surface area contributed by atoms with Crippen molar-refractivity contribution in [1.82, 2.24) is 0 Å². The van der Waals surface area contributed by atoms with Gasteiger partial charge in [-0.1, -0.05) is 80.2 Å². The molecule has 0 amide bonds. The van der Waals surface area contributed by atoms with Crippen LogP contribution in [0.5, 0.6) is 0 Å². The second-order valence-corrected chi connectivity index (χ2v) is 22.0. The molecule has 12 aliphatic rings. The number of fused-ring (bicyclic) bond motifs is 5. The lowest BCUT2D eigenvalue weighted by Crippen LogP contribution is -2.67. The van der Waals surface area contributed by atoms with Gasteiger partial charge in [0, 0.05) is 30.6 Å². The summed E-state index contributed by atoms with van der Waals surface area (Å²) in [5, 5.41) is 23.0. The minimum atomic E-state index is -1.18. The van der Waals surface area contributed by atoms with Crippen molar-refractivity contribution in [2.24, 2.45) is 88.3 Å². The molecule has 11 nitrogen and oxygen atoms in total. The van der Waals surface area contributed by atoms with Gasteiger partial charge >= 0.3 is 29.8 Å². The van der Waals surface area contributed by atoms with Gasteiger partial charge in [0.25, 0.3) is 0 Å². The Bertz CT molecular complexity index is 1670. The quantitative estimate of drug-likeness (QED) is 0.115. The van der Waals surface area contributed by atoms with Gasteiger partial charge in [-0.15, -0.1) is 0 Å². The lowest BCUT2D eigenvalue weighted by Gasteiger charge is -2.62. The van der Waals surface area contributed by atoms with E-state index in [1.807, 2.05) is 0 Å². The van der Waals surface area contributed by atoms with Gasteiger partial charge in [-0.25, -0.2) is 0 Å². The zero-order valence-electron chi connectivity index (χ0n) is 33.7. The van der Waals surface area contributed by atoms with Crippen molar-refractivity contribution >= 4 is 29.8 Å². The molecule has 10 saturated carbocycles. The molecule has 10 bridgehead atoms. The van der Waals surface area contributed by atoms with Crippen molar-refractivity contribution in [3.8, 4) is 0 Å². The Balaban J connectivity index is 0.00000176. The van der Waals surface area contributed by atoms with Crippen LogP contribution in [-0.4, -0.2) is 69.1 Å². The largest absolute Gasteiger partial charge is 0.465 e. The Morgan fingerprint density at radius 2 is 1.28 bits per heavy atom. The molecule has 2 aliphatic heterocycles. The van der Waals surface area contributed by atoms with E-state index in [1.165, 1.54) is 19.3 Å². The van der Waals surface area contributed by atoms with Gasteiger partial charge in [-0.05, 0) is 138 Å². The summed E-state index contributed by atoms with van der Waals surface area (Å²) in [6.45, 7) is 8.41. The maximum Gasteiger partial charge on any atom is 0.318 e. The molecule has 11 heteroatoms. The van der Waals surface area contributed by atoms with Crippen LogP contribution in [0, 0.1) is 88.3 Å². The van der Waals surface area contributed by atoms with Gasteiger partial charge in [0.2, 0.25) is 0 Å². The van der Waals surface area contributed by atoms with Crippen molar-refractivity contribution in [3.05, 3.63) is 0 Å². The lowest BCUT2D eigenvalue weighted by molar-refractivity contribution is -0.263. The van der Waals surface area contributed by atoms with E-state index in [0.29, 0.717) is 56.5 Å². The Labute approximate surface area is 389 Å². The molecule has 0 aromatic heterocycles. The van der Waals surface area contributed by atoms with Gasteiger partial charge < -0.3 is 29.2 Å². The van der Waals surface area contributed by atoms with Crippen LogP contribution in [0.4, 0.5) is 0 Å². The molecule has 12 rings (SSSR count). The monoisotopic (exact) mass is 907 g/mol. The third-order valence-corrected chi connectivity index (χ3v) is 18.6. The molecule has 13 atom stereocenters. The molecule has 12 fully saturated rings. The van der Waals surface area contributed by atoms with Gasteiger partial charge in [0.1, 0.15) is 11.2 Å². The van der Waals surface area contributed by atoms with E-state index in [2.05, 4.69) is 20.8 Å². The Morgan fingerprint density at radius 3 is 1.78 bits per heavy atom. The first kappa shape index (κ1) is 57.6. The summed E-state index contributed by atoms with van der Waals surface area (Å²) >= 11 is 0. The second-order valence-electron chi connectivity index (χ2n) is 22.0. The fourth-order valence-corrected chi connectivity index (χ4v) is 16.9. The number of cyclic esters (lactones) is 3. The highest BCUT2D eigenvalue weighted by Crippen LogP contribution is 2.66. The van der Waals surface area contributed by atoms with Crippen LogP contribution in [-0.2, 0) is 42.9 Å². The third-order valence-electron chi connectivity index (χ3n) is 18.6. The maximum absolute atomic E-state index is 15.2. The van der Waals surface area contributed by atoms with Crippen LogP contribution in [0.25, 0.3) is 0 Å². The van der Waals surface area contributed by atoms with Gasteiger partial charge in [0.05, 0.1) is 47.4 Å². The van der Waals surface area contributed by atoms with Gasteiger partial charge in [-0.3, -0.25) is 24.0 Å². The smallest absolute Gasteiger partial charge is 0.318 e. The number of ether oxygens (including phenoxy) is 4. The minimum absolute atomic E-state index is 0. The van der Waals surface area contributed by atoms with Crippen molar-refractivity contribution in [3.63, 3.8) is 0 Å². The predicted octanol–water partition coefficient (Wildman–Crippen LogP) is 10.8. The summed E-state index contributed by atoms with van der Waals surface area (Å²) in [4.78, 5) is 69.3. The molecule has 2 N–H and O–H groups in total. The average molecular weight is 907 g/mol. The molecule has 372 valence electrons. The molecule has 0 aromatic carbocycles. The number of esters is 5. The first-order valence-electron chi connectivity index (χ1n) is 22.3. The maximum atomic E-state index is 15.2. The average Bonchev–Trinajstić information content (AvgIpc) is 3.81. The van der Waals surface area contributed by atoms with Crippen LogP contribution < -0.4 is 0 Å². The number of hydrogen-bond acceptors (Lipinski definition) is 11. The molecule has 13 unspecified atom stereocenters. The molecule has 0 aromatic rings. The summed E-state index contributed by atoms with van der Waals surface area (Å²) in [5.41, 5.74) is -4.19. The van der Waals surface area contributed by atoms with E-state index in [4.69, 9.17) is 18.9 Å². The Morgan fingerprint density at radius 1 is 0.719 bits per heavy atom. The molecule has 2 saturated heterocycles. The van der Waals surface area contributed by atoms with Crippen molar-refractivity contribution in [2.75, 3.05) is 6.61 Å². The molecule has 0 radical (unpaired) electrons. The number of hydrogen-bond donors (Lipinski definition) is 2. The molecule has 0 spiro atoms. The van der Waals surface area contributed by atoms with E-state index in [0.717, 1.165) is 25.7 Å². The standard InChI is InChI=1S/C45H62O11.8CH4/c1-5-41(4,42-12-24-6-25(13-42)8-26(7-24)14-42)55-37(47)28(9-29-22(2)30-11-31(29)33-18-53-39(49)35(30)33)10-32(34-23(3)36(46)54-40(34)50)38(48)56-45-17-27-15-43(51,20-45)19-44(52,16-27)21-45;;;;;;;;/h22-35,51-52H,5-21H2,1-4H3;8*1H4. The fourth-order valence-electron chi connectivity index (χ4n) is 16.9. The van der Waals surface area contributed by atoms with E-state index < -0.39 is 64.0 Å². The van der Waals surface area contributed by atoms with E-state index >= 15 is 4.79 Å². The molecule has 64 heavy (non-hydrogen) atoms. The summed E-state index contributed by atoms with van der Waals surface area (Å²) < 4.78 is 24.1. The number of carbonyl (C=O) groups excluding carboxylic acids is 5. The molecule has 10 aliphatic carbocycles. The first-order valence-corrected chi connectivity index (χ1v) is 22.3. The van der Waals surface area contributed by atoms with Crippen LogP contribution in [0.15, 0.2) is 0 Å². The van der Waals surface area contributed by atoms with Crippen LogP contribution >= 0.6 is 0 Å². The Hall–Kier alpha value is -2.53. The zero-order chi connectivity index (χ0) is 39.3. The minimum Gasteiger partial charge on any atom is -0.465 e. The summed E-state index contributed by atoms with van der Waals surface area (Å²) in [6.07, 6.45) is 11.2. The van der Waals surface area contributed by atoms with E-state index in [1.54, 1.807) is 6.92 Å². The summed E-state index contributed by atoms with van der Waals surface area (Å²) in [5.74, 6) is -4.09. The predicted molar refractivity (Wildman–Crippen MR) is 251 cm³/mol.